The van der Waals surface area contributed by atoms with Crippen molar-refractivity contribution in [1.82, 2.24) is 0 Å². The summed E-state index contributed by atoms with van der Waals surface area (Å²) in [6.07, 6.45) is 50.7. The van der Waals surface area contributed by atoms with Gasteiger partial charge in [0, 0.05) is 12.8 Å². The number of unbranched alkanes of at least 4 members (excludes halogenated alkanes) is 25. The van der Waals surface area contributed by atoms with E-state index in [1.165, 1.54) is 128 Å². The molecule has 0 radical (unpaired) electrons. The van der Waals surface area contributed by atoms with E-state index >= 15 is 0 Å². The molecule has 5 heteroatoms. The van der Waals surface area contributed by atoms with Crippen molar-refractivity contribution in [2.45, 2.75) is 225 Å². The highest BCUT2D eigenvalue weighted by molar-refractivity contribution is 5.70. The van der Waals surface area contributed by atoms with Crippen LogP contribution in [0.3, 0.4) is 0 Å². The number of allylic oxidation sites excluding steroid dienone is 6. The van der Waals surface area contributed by atoms with E-state index in [4.69, 9.17) is 9.47 Å². The van der Waals surface area contributed by atoms with E-state index in [0.717, 1.165) is 64.2 Å². The van der Waals surface area contributed by atoms with Gasteiger partial charge < -0.3 is 14.6 Å². The van der Waals surface area contributed by atoms with Crippen molar-refractivity contribution in [3.63, 3.8) is 0 Å². The van der Waals surface area contributed by atoms with Gasteiger partial charge in [-0.05, 0) is 51.4 Å². The molecule has 0 fully saturated rings. The topological polar surface area (TPSA) is 72.8 Å². The molecule has 0 aliphatic carbocycles. The molecule has 1 atom stereocenters. The normalized spacial score (nSPS) is 12.5. The SMILES string of the molecule is CCCCC/C=C/C/C=C/C/C=C/CCCCCCC(=O)O[C@@H](CO)COC(=O)CCCCCCCCCCCCCCCCCCCCC. The Balaban J connectivity index is 3.55. The molecule has 5 nitrogen and oxygen atoms in total. The average molecular weight is 703 g/mol. The van der Waals surface area contributed by atoms with E-state index in [2.05, 4.69) is 50.3 Å². The van der Waals surface area contributed by atoms with Crippen LogP contribution in [-0.2, 0) is 19.1 Å². The van der Waals surface area contributed by atoms with Crippen LogP contribution < -0.4 is 0 Å². The van der Waals surface area contributed by atoms with Gasteiger partial charge in [0.25, 0.3) is 0 Å². The Bertz CT molecular complexity index is 801. The van der Waals surface area contributed by atoms with Crippen molar-refractivity contribution in [1.29, 1.82) is 0 Å². The molecule has 0 saturated heterocycles. The zero-order chi connectivity index (χ0) is 36.4. The highest BCUT2D eigenvalue weighted by Crippen LogP contribution is 2.15. The standard InChI is InChI=1S/C45H82O5/c1-3-5-7-9-11-13-15-17-19-21-22-24-25-27-29-31-33-35-37-39-44(47)49-42-43(41-46)50-45(48)40-38-36-34-32-30-28-26-23-20-18-16-14-12-10-8-6-4-2/h12,14,18,20,26,28,43,46H,3-11,13,15-17,19,21-25,27,29-42H2,1-2H3/b14-12+,20-18+,28-26+/t43-/m0/s1. The molecule has 292 valence electrons. The van der Waals surface area contributed by atoms with E-state index in [9.17, 15) is 14.7 Å². The van der Waals surface area contributed by atoms with Crippen LogP contribution in [0.4, 0.5) is 0 Å². The lowest BCUT2D eigenvalue weighted by atomic mass is 10.0. The van der Waals surface area contributed by atoms with Crippen molar-refractivity contribution in [2.75, 3.05) is 13.2 Å². The lowest BCUT2D eigenvalue weighted by Crippen LogP contribution is -2.28. The third kappa shape index (κ3) is 38.9. The van der Waals surface area contributed by atoms with Gasteiger partial charge >= 0.3 is 11.9 Å². The molecule has 0 heterocycles. The summed E-state index contributed by atoms with van der Waals surface area (Å²) in [5, 5.41) is 9.57. The van der Waals surface area contributed by atoms with Gasteiger partial charge in [0.2, 0.25) is 0 Å². The van der Waals surface area contributed by atoms with Crippen molar-refractivity contribution in [3.05, 3.63) is 36.5 Å². The van der Waals surface area contributed by atoms with Gasteiger partial charge in [-0.25, -0.2) is 0 Å². The highest BCUT2D eigenvalue weighted by Gasteiger charge is 2.16. The fraction of sp³-hybridized carbons (Fsp3) is 0.822. The van der Waals surface area contributed by atoms with Crippen LogP contribution in [-0.4, -0.2) is 36.4 Å². The minimum atomic E-state index is -0.780. The minimum absolute atomic E-state index is 0.0720. The van der Waals surface area contributed by atoms with Gasteiger partial charge in [0.05, 0.1) is 6.61 Å². The van der Waals surface area contributed by atoms with E-state index in [1.807, 2.05) is 0 Å². The number of aliphatic hydroxyl groups is 1. The Morgan fingerprint density at radius 2 is 0.800 bits per heavy atom. The lowest BCUT2D eigenvalue weighted by Gasteiger charge is -2.15. The zero-order valence-electron chi connectivity index (χ0n) is 33.2. The van der Waals surface area contributed by atoms with Gasteiger partial charge in [-0.15, -0.1) is 0 Å². The van der Waals surface area contributed by atoms with Crippen LogP contribution in [0.2, 0.25) is 0 Å². The van der Waals surface area contributed by atoms with Crippen LogP contribution >= 0.6 is 0 Å². The molecule has 0 aliphatic heterocycles. The molecule has 0 aromatic heterocycles. The molecule has 0 rings (SSSR count). The monoisotopic (exact) mass is 703 g/mol. The van der Waals surface area contributed by atoms with Crippen LogP contribution in [0.5, 0.6) is 0 Å². The molecule has 1 N–H and O–H groups in total. The molecule has 0 aromatic carbocycles. The number of hydrogen-bond donors (Lipinski definition) is 1. The number of carbonyl (C=O) groups excluding carboxylic acids is 2. The van der Waals surface area contributed by atoms with Gasteiger partial charge in [0.15, 0.2) is 6.10 Å². The smallest absolute Gasteiger partial charge is 0.306 e. The van der Waals surface area contributed by atoms with Gasteiger partial charge in [-0.3, -0.25) is 9.59 Å². The first-order chi connectivity index (χ1) is 24.6. The summed E-state index contributed by atoms with van der Waals surface area (Å²) in [6, 6.07) is 0. The number of ether oxygens (including phenoxy) is 2. The number of esters is 2. The maximum atomic E-state index is 12.2. The maximum absolute atomic E-state index is 12.2. The highest BCUT2D eigenvalue weighted by atomic mass is 16.6. The fourth-order valence-electron chi connectivity index (χ4n) is 6.15. The Labute approximate surface area is 310 Å². The second-order valence-electron chi connectivity index (χ2n) is 14.4. The Hall–Kier alpha value is -1.88. The Morgan fingerprint density at radius 1 is 0.460 bits per heavy atom. The lowest BCUT2D eigenvalue weighted by molar-refractivity contribution is -0.161. The Kier molecular flexibility index (Phi) is 40.0. The summed E-state index contributed by atoms with van der Waals surface area (Å²) in [5.74, 6) is -0.608. The van der Waals surface area contributed by atoms with Gasteiger partial charge in [0.1, 0.15) is 6.61 Å². The summed E-state index contributed by atoms with van der Waals surface area (Å²) in [5.41, 5.74) is 0. The van der Waals surface area contributed by atoms with Crippen LogP contribution in [0.15, 0.2) is 36.5 Å². The van der Waals surface area contributed by atoms with Gasteiger partial charge in [-0.2, -0.15) is 0 Å². The minimum Gasteiger partial charge on any atom is -0.462 e. The molecule has 50 heavy (non-hydrogen) atoms. The molecule has 0 bridgehead atoms. The van der Waals surface area contributed by atoms with Crippen LogP contribution in [0.25, 0.3) is 0 Å². The van der Waals surface area contributed by atoms with Crippen molar-refractivity contribution in [2.24, 2.45) is 0 Å². The molecule has 0 saturated carbocycles. The largest absolute Gasteiger partial charge is 0.462 e. The molecule has 0 aliphatic rings. The summed E-state index contributed by atoms with van der Waals surface area (Å²) in [7, 11) is 0. The van der Waals surface area contributed by atoms with E-state index in [0.29, 0.717) is 12.8 Å². The molecule has 0 unspecified atom stereocenters. The summed E-state index contributed by atoms with van der Waals surface area (Å²) < 4.78 is 10.6. The number of aliphatic hydroxyl groups excluding tert-OH is 1. The summed E-state index contributed by atoms with van der Waals surface area (Å²) in [6.45, 7) is 4.11. The van der Waals surface area contributed by atoms with E-state index in [-0.39, 0.29) is 25.2 Å². The first-order valence-corrected chi connectivity index (χ1v) is 21.5. The summed E-state index contributed by atoms with van der Waals surface area (Å²) in [4.78, 5) is 24.3. The molecule has 0 aromatic rings. The van der Waals surface area contributed by atoms with Crippen molar-refractivity contribution >= 4 is 11.9 Å². The fourth-order valence-corrected chi connectivity index (χ4v) is 6.15. The van der Waals surface area contributed by atoms with Crippen LogP contribution in [0.1, 0.15) is 219 Å². The number of carbonyl (C=O) groups is 2. The summed E-state index contributed by atoms with van der Waals surface area (Å²) >= 11 is 0. The third-order valence-corrected chi connectivity index (χ3v) is 9.44. The molecule has 0 spiro atoms. The van der Waals surface area contributed by atoms with E-state index in [1.54, 1.807) is 0 Å². The second-order valence-corrected chi connectivity index (χ2v) is 14.4. The quantitative estimate of drug-likeness (QED) is 0.0392. The average Bonchev–Trinajstić information content (AvgIpc) is 3.12. The number of rotatable bonds is 39. The van der Waals surface area contributed by atoms with Crippen molar-refractivity contribution < 1.29 is 24.2 Å². The second kappa shape index (κ2) is 41.5. The van der Waals surface area contributed by atoms with E-state index < -0.39 is 6.10 Å². The predicted molar refractivity (Wildman–Crippen MR) is 214 cm³/mol. The molecular formula is C45H82O5. The number of hydrogen-bond acceptors (Lipinski definition) is 5. The Morgan fingerprint density at radius 3 is 1.24 bits per heavy atom. The van der Waals surface area contributed by atoms with Crippen LogP contribution in [0, 0.1) is 0 Å². The first kappa shape index (κ1) is 48.1. The zero-order valence-corrected chi connectivity index (χ0v) is 33.2. The maximum Gasteiger partial charge on any atom is 0.306 e. The first-order valence-electron chi connectivity index (χ1n) is 21.5. The molecule has 0 amide bonds. The third-order valence-electron chi connectivity index (χ3n) is 9.44. The molecular weight excluding hydrogens is 620 g/mol. The van der Waals surface area contributed by atoms with Crippen molar-refractivity contribution in [3.8, 4) is 0 Å². The van der Waals surface area contributed by atoms with Gasteiger partial charge in [-0.1, -0.05) is 192 Å². The predicted octanol–water partition coefficient (Wildman–Crippen LogP) is 13.6.